The predicted molar refractivity (Wildman–Crippen MR) is 78.5 cm³/mol. The molecule has 2 aromatic rings. The summed E-state index contributed by atoms with van der Waals surface area (Å²) >= 11 is 0. The number of para-hydroxylation sites is 1. The zero-order valence-corrected chi connectivity index (χ0v) is 11.7. The number of anilines is 1. The van der Waals surface area contributed by atoms with Crippen molar-refractivity contribution in [2.24, 2.45) is 0 Å². The maximum absolute atomic E-state index is 13.3. The first-order valence-corrected chi connectivity index (χ1v) is 6.48. The third kappa shape index (κ3) is 3.28. The molecular weight excluding hydrogens is 275 g/mol. The Labute approximate surface area is 121 Å². The SMILES string of the molecule is CCNc1cccc(Oc2cc(F)ccc2C)c1[N+](=O)[O-]. The summed E-state index contributed by atoms with van der Waals surface area (Å²) in [4.78, 5) is 10.8. The van der Waals surface area contributed by atoms with Gasteiger partial charge < -0.3 is 10.1 Å². The highest BCUT2D eigenvalue weighted by Gasteiger charge is 2.21. The molecule has 21 heavy (non-hydrogen) atoms. The number of rotatable bonds is 5. The molecule has 2 aromatic carbocycles. The number of hydrogen-bond acceptors (Lipinski definition) is 4. The van der Waals surface area contributed by atoms with Crippen LogP contribution in [0.1, 0.15) is 12.5 Å². The van der Waals surface area contributed by atoms with Crippen molar-refractivity contribution < 1.29 is 14.1 Å². The molecule has 5 nitrogen and oxygen atoms in total. The van der Waals surface area contributed by atoms with E-state index in [1.165, 1.54) is 18.2 Å². The number of nitrogens with zero attached hydrogens (tertiary/aromatic N) is 1. The highest BCUT2D eigenvalue weighted by atomic mass is 19.1. The van der Waals surface area contributed by atoms with Crippen molar-refractivity contribution in [3.05, 3.63) is 57.9 Å². The molecule has 0 spiro atoms. The number of benzene rings is 2. The third-order valence-corrected chi connectivity index (χ3v) is 2.92. The van der Waals surface area contributed by atoms with Crippen molar-refractivity contribution in [1.29, 1.82) is 0 Å². The van der Waals surface area contributed by atoms with Gasteiger partial charge in [-0.05, 0) is 37.6 Å². The summed E-state index contributed by atoms with van der Waals surface area (Å²) in [5.41, 5.74) is 0.900. The first-order chi connectivity index (χ1) is 10.0. The zero-order valence-electron chi connectivity index (χ0n) is 11.7. The lowest BCUT2D eigenvalue weighted by Crippen LogP contribution is -2.03. The minimum Gasteiger partial charge on any atom is -0.450 e. The highest BCUT2D eigenvalue weighted by molar-refractivity contribution is 5.69. The van der Waals surface area contributed by atoms with Gasteiger partial charge in [0, 0.05) is 12.6 Å². The first kappa shape index (κ1) is 14.8. The van der Waals surface area contributed by atoms with E-state index in [1.807, 2.05) is 6.92 Å². The maximum atomic E-state index is 13.3. The first-order valence-electron chi connectivity index (χ1n) is 6.48. The van der Waals surface area contributed by atoms with Crippen LogP contribution in [0.2, 0.25) is 0 Å². The van der Waals surface area contributed by atoms with Gasteiger partial charge in [0.2, 0.25) is 5.75 Å². The molecule has 0 aliphatic carbocycles. The summed E-state index contributed by atoms with van der Waals surface area (Å²) in [6.07, 6.45) is 0. The molecule has 0 atom stereocenters. The minimum atomic E-state index is -0.512. The molecule has 0 radical (unpaired) electrons. The molecule has 0 amide bonds. The lowest BCUT2D eigenvalue weighted by molar-refractivity contribution is -0.384. The summed E-state index contributed by atoms with van der Waals surface area (Å²) in [5.74, 6) is -0.125. The van der Waals surface area contributed by atoms with Crippen molar-refractivity contribution in [3.63, 3.8) is 0 Å². The van der Waals surface area contributed by atoms with E-state index in [4.69, 9.17) is 4.74 Å². The second-order valence-electron chi connectivity index (χ2n) is 4.45. The van der Waals surface area contributed by atoms with Crippen LogP contribution in [0, 0.1) is 22.9 Å². The van der Waals surface area contributed by atoms with Gasteiger partial charge in [0.05, 0.1) is 4.92 Å². The average Bonchev–Trinajstić information content (AvgIpc) is 2.43. The van der Waals surface area contributed by atoms with Crippen molar-refractivity contribution in [1.82, 2.24) is 0 Å². The van der Waals surface area contributed by atoms with Gasteiger partial charge in [-0.2, -0.15) is 0 Å². The Balaban J connectivity index is 2.46. The molecular formula is C15H15FN2O3. The molecule has 0 heterocycles. The van der Waals surface area contributed by atoms with Crippen LogP contribution in [0.15, 0.2) is 36.4 Å². The molecule has 0 aliphatic rings. The number of nitrogens with one attached hydrogen (secondary N) is 1. The van der Waals surface area contributed by atoms with Crippen molar-refractivity contribution in [2.45, 2.75) is 13.8 Å². The summed E-state index contributed by atoms with van der Waals surface area (Å²) < 4.78 is 18.8. The fraction of sp³-hybridized carbons (Fsp3) is 0.200. The Kier molecular flexibility index (Phi) is 4.37. The van der Waals surface area contributed by atoms with E-state index in [9.17, 15) is 14.5 Å². The Bertz CT molecular complexity index is 674. The fourth-order valence-corrected chi connectivity index (χ4v) is 1.93. The molecule has 0 saturated heterocycles. The van der Waals surface area contributed by atoms with Crippen LogP contribution in [-0.4, -0.2) is 11.5 Å². The predicted octanol–water partition coefficient (Wildman–Crippen LogP) is 4.27. The topological polar surface area (TPSA) is 64.4 Å². The van der Waals surface area contributed by atoms with Gasteiger partial charge in [0.25, 0.3) is 0 Å². The standard InChI is InChI=1S/C15H15FN2O3/c1-3-17-12-5-4-6-13(15(12)18(19)20)21-14-9-11(16)8-7-10(14)2/h4-9,17H,3H2,1-2H3. The fourth-order valence-electron chi connectivity index (χ4n) is 1.93. The summed E-state index contributed by atoms with van der Waals surface area (Å²) in [7, 11) is 0. The second-order valence-corrected chi connectivity index (χ2v) is 4.45. The number of hydrogen-bond donors (Lipinski definition) is 1. The second kappa shape index (κ2) is 6.21. The summed E-state index contributed by atoms with van der Waals surface area (Å²) in [6.45, 7) is 4.13. The van der Waals surface area contributed by atoms with E-state index in [-0.39, 0.29) is 17.2 Å². The largest absolute Gasteiger partial charge is 0.450 e. The smallest absolute Gasteiger partial charge is 0.334 e. The maximum Gasteiger partial charge on any atom is 0.334 e. The molecule has 110 valence electrons. The van der Waals surface area contributed by atoms with Gasteiger partial charge >= 0.3 is 5.69 Å². The van der Waals surface area contributed by atoms with Crippen molar-refractivity contribution in [3.8, 4) is 11.5 Å². The third-order valence-electron chi connectivity index (χ3n) is 2.92. The molecule has 2 rings (SSSR count). The normalized spacial score (nSPS) is 10.2. The van der Waals surface area contributed by atoms with Crippen molar-refractivity contribution >= 4 is 11.4 Å². The summed E-state index contributed by atoms with van der Waals surface area (Å²) in [5, 5.41) is 14.2. The molecule has 1 N–H and O–H groups in total. The van der Waals surface area contributed by atoms with Gasteiger partial charge in [-0.15, -0.1) is 0 Å². The van der Waals surface area contributed by atoms with E-state index in [1.54, 1.807) is 25.1 Å². The van der Waals surface area contributed by atoms with Crippen molar-refractivity contribution in [2.75, 3.05) is 11.9 Å². The van der Waals surface area contributed by atoms with E-state index in [0.717, 1.165) is 0 Å². The molecule has 6 heteroatoms. The summed E-state index contributed by atoms with van der Waals surface area (Å²) in [6, 6.07) is 8.82. The van der Waals surface area contributed by atoms with E-state index < -0.39 is 10.7 Å². The molecule has 0 saturated carbocycles. The van der Waals surface area contributed by atoms with Crippen LogP contribution < -0.4 is 10.1 Å². The number of nitro benzene ring substituents is 1. The van der Waals surface area contributed by atoms with Gasteiger partial charge in [0.15, 0.2) is 0 Å². The lowest BCUT2D eigenvalue weighted by atomic mass is 10.2. The lowest BCUT2D eigenvalue weighted by Gasteiger charge is -2.11. The van der Waals surface area contributed by atoms with E-state index in [2.05, 4.69) is 5.32 Å². The Morgan fingerprint density at radius 1 is 1.29 bits per heavy atom. The van der Waals surface area contributed by atoms with Crippen LogP contribution in [0.5, 0.6) is 11.5 Å². The van der Waals surface area contributed by atoms with E-state index in [0.29, 0.717) is 17.8 Å². The van der Waals surface area contributed by atoms with Crippen LogP contribution in [-0.2, 0) is 0 Å². The van der Waals surface area contributed by atoms with Crippen LogP contribution >= 0.6 is 0 Å². The van der Waals surface area contributed by atoms with Crippen LogP contribution in [0.25, 0.3) is 0 Å². The number of halogens is 1. The van der Waals surface area contributed by atoms with Gasteiger partial charge in [-0.25, -0.2) is 4.39 Å². The Hall–Kier alpha value is -2.63. The quantitative estimate of drug-likeness (QED) is 0.660. The Morgan fingerprint density at radius 3 is 2.71 bits per heavy atom. The van der Waals surface area contributed by atoms with Crippen LogP contribution in [0.3, 0.4) is 0 Å². The number of ether oxygens (including phenoxy) is 1. The van der Waals surface area contributed by atoms with Gasteiger partial charge in [-0.3, -0.25) is 10.1 Å². The molecule has 0 aromatic heterocycles. The Morgan fingerprint density at radius 2 is 2.05 bits per heavy atom. The highest BCUT2D eigenvalue weighted by Crippen LogP contribution is 2.38. The molecule has 0 unspecified atom stereocenters. The average molecular weight is 290 g/mol. The van der Waals surface area contributed by atoms with Crippen LogP contribution in [0.4, 0.5) is 15.8 Å². The minimum absolute atomic E-state index is 0.0761. The monoisotopic (exact) mass is 290 g/mol. The van der Waals surface area contributed by atoms with E-state index >= 15 is 0 Å². The number of nitro groups is 1. The molecule has 0 fully saturated rings. The van der Waals surface area contributed by atoms with Gasteiger partial charge in [-0.1, -0.05) is 12.1 Å². The number of aryl methyl sites for hydroxylation is 1. The molecule has 0 bridgehead atoms. The zero-order chi connectivity index (χ0) is 15.4. The van der Waals surface area contributed by atoms with Gasteiger partial charge in [0.1, 0.15) is 17.3 Å². The molecule has 0 aliphatic heterocycles.